The Bertz CT molecular complexity index is 1050. The van der Waals surface area contributed by atoms with Crippen molar-refractivity contribution >= 4 is 28.4 Å². The Kier molecular flexibility index (Phi) is 6.03. The fourth-order valence-electron chi connectivity index (χ4n) is 5.26. The van der Waals surface area contributed by atoms with E-state index in [4.69, 9.17) is 16.3 Å². The van der Waals surface area contributed by atoms with Crippen molar-refractivity contribution in [3.63, 3.8) is 0 Å². The summed E-state index contributed by atoms with van der Waals surface area (Å²) in [4.78, 5) is 19.1. The number of nitrogens with zero attached hydrogens (tertiary/aromatic N) is 2. The van der Waals surface area contributed by atoms with Gasteiger partial charge in [-0.2, -0.15) is 5.26 Å². The second-order valence-electron chi connectivity index (χ2n) is 9.14. The number of halogens is 1. The Morgan fingerprint density at radius 3 is 2.55 bits per heavy atom. The second kappa shape index (κ2) is 8.59. The van der Waals surface area contributed by atoms with Crippen molar-refractivity contribution in [2.75, 3.05) is 0 Å². The normalized spacial score (nSPS) is 24.2. The zero-order chi connectivity index (χ0) is 22.3. The van der Waals surface area contributed by atoms with Gasteiger partial charge in [0.2, 0.25) is 5.91 Å². The fraction of sp³-hybridized carbons (Fsp3) is 0.520. The average Bonchev–Trinajstić information content (AvgIpc) is 3.17. The van der Waals surface area contributed by atoms with Crippen LogP contribution in [0.25, 0.3) is 10.9 Å². The number of H-pyrrole nitrogens is 1. The van der Waals surface area contributed by atoms with Gasteiger partial charge in [-0.15, -0.1) is 0 Å². The number of ether oxygens (including phenoxy) is 1. The Labute approximate surface area is 189 Å². The van der Waals surface area contributed by atoms with Gasteiger partial charge in [0.15, 0.2) is 0 Å². The number of piperidine rings is 2. The summed E-state index contributed by atoms with van der Waals surface area (Å²) in [6, 6.07) is 6.45. The van der Waals surface area contributed by atoms with Gasteiger partial charge >= 0.3 is 0 Å². The molecule has 6 heteroatoms. The fourth-order valence-corrected chi connectivity index (χ4v) is 5.58. The van der Waals surface area contributed by atoms with Crippen molar-refractivity contribution in [1.29, 1.82) is 5.26 Å². The molecule has 4 rings (SSSR count). The van der Waals surface area contributed by atoms with E-state index >= 15 is 0 Å². The number of rotatable bonds is 4. The molecule has 2 aliphatic rings. The van der Waals surface area contributed by atoms with Gasteiger partial charge in [0.05, 0.1) is 29.0 Å². The molecule has 1 aromatic heterocycles. The van der Waals surface area contributed by atoms with Gasteiger partial charge in [0.25, 0.3) is 0 Å². The van der Waals surface area contributed by atoms with Crippen molar-refractivity contribution in [2.45, 2.75) is 77.5 Å². The molecule has 2 aromatic rings. The first-order chi connectivity index (χ1) is 14.8. The van der Waals surface area contributed by atoms with Crippen LogP contribution in [0.4, 0.5) is 0 Å². The lowest BCUT2D eigenvalue weighted by molar-refractivity contribution is -0.141. The highest BCUT2D eigenvalue weighted by atomic mass is 35.5. The van der Waals surface area contributed by atoms with Crippen LogP contribution in [-0.2, 0) is 4.79 Å². The Morgan fingerprint density at radius 1 is 1.29 bits per heavy atom. The smallest absolute Gasteiger partial charge is 0.230 e. The monoisotopic (exact) mass is 439 g/mol. The molecule has 5 nitrogen and oxygen atoms in total. The van der Waals surface area contributed by atoms with Crippen molar-refractivity contribution in [3.05, 3.63) is 40.6 Å². The molecule has 0 saturated carbocycles. The molecule has 2 aliphatic heterocycles. The molecular weight excluding hydrogens is 410 g/mol. The summed E-state index contributed by atoms with van der Waals surface area (Å²) in [6.45, 7) is 7.96. The lowest BCUT2D eigenvalue weighted by Gasteiger charge is -2.49. The molecule has 1 N–H and O–H groups in total. The first-order valence-corrected chi connectivity index (χ1v) is 11.5. The van der Waals surface area contributed by atoms with E-state index < -0.39 is 0 Å². The first-order valence-electron chi connectivity index (χ1n) is 11.2. The van der Waals surface area contributed by atoms with Crippen molar-refractivity contribution in [2.24, 2.45) is 5.92 Å². The number of carbonyl (C=O) groups excluding carboxylic acids is 1. The number of hydrogen-bond donors (Lipinski definition) is 1. The second-order valence-corrected chi connectivity index (χ2v) is 9.52. The molecule has 0 aliphatic carbocycles. The minimum absolute atomic E-state index is 0.0121. The van der Waals surface area contributed by atoms with Crippen molar-refractivity contribution in [1.82, 2.24) is 9.88 Å². The minimum atomic E-state index is -0.337. The van der Waals surface area contributed by atoms with E-state index in [1.165, 1.54) is 5.57 Å². The van der Waals surface area contributed by atoms with Crippen molar-refractivity contribution < 1.29 is 9.53 Å². The third-order valence-corrected chi connectivity index (χ3v) is 7.09. The number of amides is 1. The number of aromatic amines is 1. The number of fused-ring (bicyclic) bond motifs is 3. The van der Waals surface area contributed by atoms with Gasteiger partial charge in [-0.05, 0) is 71.1 Å². The number of benzene rings is 1. The molecule has 164 valence electrons. The zero-order valence-electron chi connectivity index (χ0n) is 18.6. The molecule has 0 radical (unpaired) electrons. The Hall–Kier alpha value is -2.45. The van der Waals surface area contributed by atoms with E-state index in [1.54, 1.807) is 0 Å². The van der Waals surface area contributed by atoms with Gasteiger partial charge in [0, 0.05) is 29.2 Å². The van der Waals surface area contributed by atoms with Crippen LogP contribution in [0.1, 0.15) is 64.9 Å². The highest BCUT2D eigenvalue weighted by Crippen LogP contribution is 2.43. The van der Waals surface area contributed by atoms with E-state index in [0.29, 0.717) is 10.8 Å². The number of nitriles is 1. The molecule has 1 amide bonds. The zero-order valence-corrected chi connectivity index (χ0v) is 19.4. The van der Waals surface area contributed by atoms with E-state index in [-0.39, 0.29) is 35.9 Å². The highest BCUT2D eigenvalue weighted by molar-refractivity contribution is 6.37. The molecule has 31 heavy (non-hydrogen) atoms. The maximum atomic E-state index is 13.8. The van der Waals surface area contributed by atoms with Gasteiger partial charge in [-0.25, -0.2) is 0 Å². The topological polar surface area (TPSA) is 69.1 Å². The van der Waals surface area contributed by atoms with Crippen LogP contribution in [0.5, 0.6) is 5.75 Å². The highest BCUT2D eigenvalue weighted by Gasteiger charge is 2.43. The van der Waals surface area contributed by atoms with Crippen LogP contribution in [0.2, 0.25) is 5.02 Å². The molecule has 1 aromatic carbocycles. The van der Waals surface area contributed by atoms with Crippen LogP contribution in [0.3, 0.4) is 0 Å². The summed E-state index contributed by atoms with van der Waals surface area (Å²) in [5.74, 6) is 0.449. The van der Waals surface area contributed by atoms with Crippen molar-refractivity contribution in [3.8, 4) is 11.8 Å². The van der Waals surface area contributed by atoms with Gasteiger partial charge < -0.3 is 14.6 Å². The lowest BCUT2D eigenvalue weighted by atomic mass is 9.76. The van der Waals surface area contributed by atoms with E-state index in [0.717, 1.165) is 42.1 Å². The summed E-state index contributed by atoms with van der Waals surface area (Å²) in [5.41, 5.74) is 3.19. The SMILES string of the molecule is CC=C1CC2CC(C#N)CC(C1)N2C(=O)C(C)c1c[nH]c2ccc(OC(C)C)c(Cl)c12. The predicted molar refractivity (Wildman–Crippen MR) is 123 cm³/mol. The van der Waals surface area contributed by atoms with Gasteiger partial charge in [0.1, 0.15) is 5.75 Å². The van der Waals surface area contributed by atoms with Gasteiger partial charge in [-0.1, -0.05) is 23.3 Å². The molecular formula is C25H30ClN3O2. The Balaban J connectivity index is 1.67. The number of aromatic nitrogens is 1. The number of nitrogens with one attached hydrogen (secondary N) is 1. The third-order valence-electron chi connectivity index (χ3n) is 6.72. The first kappa shape index (κ1) is 21.8. The maximum Gasteiger partial charge on any atom is 0.230 e. The Morgan fingerprint density at radius 2 is 1.97 bits per heavy atom. The molecule has 3 unspecified atom stereocenters. The lowest BCUT2D eigenvalue weighted by Crippen LogP contribution is -2.56. The largest absolute Gasteiger partial charge is 0.489 e. The molecule has 3 heterocycles. The maximum absolute atomic E-state index is 13.8. The summed E-state index contributed by atoms with van der Waals surface area (Å²) in [6.07, 6.45) is 7.32. The molecule has 2 saturated heterocycles. The summed E-state index contributed by atoms with van der Waals surface area (Å²) in [7, 11) is 0. The molecule has 2 bridgehead atoms. The minimum Gasteiger partial charge on any atom is -0.489 e. The van der Waals surface area contributed by atoms with E-state index in [1.807, 2.05) is 39.1 Å². The number of allylic oxidation sites excluding steroid dienone is 1. The summed E-state index contributed by atoms with van der Waals surface area (Å²) >= 11 is 6.72. The third kappa shape index (κ3) is 3.94. The predicted octanol–water partition coefficient (Wildman–Crippen LogP) is 5.95. The molecule has 0 spiro atoms. The standard InChI is InChI=1S/C25H30ClN3O2/c1-5-16-8-18-10-17(12-27)11-19(9-16)29(18)25(30)15(4)20-13-28-21-6-7-22(31-14(2)3)24(26)23(20)21/h5-7,13-15,17-19,28H,8-11H2,1-4H3. The van der Waals surface area contributed by atoms with Gasteiger partial charge in [-0.3, -0.25) is 4.79 Å². The summed E-state index contributed by atoms with van der Waals surface area (Å²) < 4.78 is 5.86. The number of hydrogen-bond acceptors (Lipinski definition) is 3. The van der Waals surface area contributed by atoms with Crippen LogP contribution in [-0.4, -0.2) is 34.0 Å². The van der Waals surface area contributed by atoms with Crippen LogP contribution >= 0.6 is 11.6 Å². The number of carbonyl (C=O) groups is 1. The summed E-state index contributed by atoms with van der Waals surface area (Å²) in [5, 5.41) is 10.9. The quantitative estimate of drug-likeness (QED) is 0.598. The van der Waals surface area contributed by atoms with E-state index in [2.05, 4.69) is 29.0 Å². The average molecular weight is 440 g/mol. The van der Waals surface area contributed by atoms with Crippen LogP contribution in [0, 0.1) is 17.2 Å². The van der Waals surface area contributed by atoms with Crippen LogP contribution in [0.15, 0.2) is 30.0 Å². The molecule has 3 atom stereocenters. The van der Waals surface area contributed by atoms with Crippen LogP contribution < -0.4 is 4.74 Å². The van der Waals surface area contributed by atoms with E-state index in [9.17, 15) is 10.1 Å². The molecule has 2 fully saturated rings.